The molecule has 0 aliphatic heterocycles. The normalized spacial score (nSPS) is 11.0. The fourth-order valence-corrected chi connectivity index (χ4v) is 1.53. The molecule has 1 rings (SSSR count). The van der Waals surface area contributed by atoms with Gasteiger partial charge < -0.3 is 20.7 Å². The Kier molecular flexibility index (Phi) is 5.18. The van der Waals surface area contributed by atoms with Crippen LogP contribution in [0.1, 0.15) is 13.8 Å². The number of carbonyl (C=O) groups is 1. The first kappa shape index (κ1) is 15.3. The van der Waals surface area contributed by atoms with Crippen LogP contribution >= 0.6 is 0 Å². The topological polar surface area (TPSA) is 67.6 Å². The van der Waals surface area contributed by atoms with Gasteiger partial charge in [-0.3, -0.25) is 4.79 Å². The third kappa shape index (κ3) is 4.79. The van der Waals surface area contributed by atoms with Crippen molar-refractivity contribution in [1.82, 2.24) is 5.32 Å². The molecule has 19 heavy (non-hydrogen) atoms. The summed E-state index contributed by atoms with van der Waals surface area (Å²) in [6, 6.07) is 7.78. The summed E-state index contributed by atoms with van der Waals surface area (Å²) in [4.78, 5) is 13.7. The van der Waals surface area contributed by atoms with E-state index in [1.54, 1.807) is 21.0 Å². The van der Waals surface area contributed by atoms with Crippen molar-refractivity contribution in [1.29, 1.82) is 0 Å². The standard InChI is InChI=1S/C14H23N3O2/c1-14(2,15)13(18)16-9-10-17(3)11-5-7-12(19-4)8-6-11/h5-8H,9-10,15H2,1-4H3,(H,16,18). The quantitative estimate of drug-likeness (QED) is 0.805. The Balaban J connectivity index is 2.42. The number of rotatable bonds is 6. The highest BCUT2D eigenvalue weighted by molar-refractivity contribution is 5.85. The van der Waals surface area contributed by atoms with Gasteiger partial charge in [0.15, 0.2) is 0 Å². The molecule has 0 atom stereocenters. The first-order valence-electron chi connectivity index (χ1n) is 6.27. The van der Waals surface area contributed by atoms with E-state index >= 15 is 0 Å². The molecule has 0 saturated heterocycles. The molecule has 0 fully saturated rings. The second-order valence-corrected chi connectivity index (χ2v) is 5.10. The number of nitrogens with one attached hydrogen (secondary N) is 1. The Morgan fingerprint density at radius 2 is 1.95 bits per heavy atom. The summed E-state index contributed by atoms with van der Waals surface area (Å²) in [6.07, 6.45) is 0. The van der Waals surface area contributed by atoms with Gasteiger partial charge in [-0.05, 0) is 38.1 Å². The molecule has 5 nitrogen and oxygen atoms in total. The van der Waals surface area contributed by atoms with E-state index in [4.69, 9.17) is 10.5 Å². The fourth-order valence-electron chi connectivity index (χ4n) is 1.53. The van der Waals surface area contributed by atoms with Crippen molar-refractivity contribution >= 4 is 11.6 Å². The molecule has 106 valence electrons. The lowest BCUT2D eigenvalue weighted by Crippen LogP contribution is -2.50. The van der Waals surface area contributed by atoms with Gasteiger partial charge in [-0.2, -0.15) is 0 Å². The Morgan fingerprint density at radius 3 is 2.42 bits per heavy atom. The summed E-state index contributed by atoms with van der Waals surface area (Å²) >= 11 is 0. The minimum atomic E-state index is -0.835. The van der Waals surface area contributed by atoms with E-state index in [0.29, 0.717) is 13.1 Å². The highest BCUT2D eigenvalue weighted by Gasteiger charge is 2.20. The molecule has 1 aromatic rings. The predicted molar refractivity (Wildman–Crippen MR) is 77.5 cm³/mol. The lowest BCUT2D eigenvalue weighted by molar-refractivity contribution is -0.125. The summed E-state index contributed by atoms with van der Waals surface area (Å²) < 4.78 is 5.11. The zero-order valence-corrected chi connectivity index (χ0v) is 12.1. The van der Waals surface area contributed by atoms with Crippen LogP contribution in [0.3, 0.4) is 0 Å². The molecule has 0 heterocycles. The van der Waals surface area contributed by atoms with E-state index in [9.17, 15) is 4.79 Å². The average Bonchev–Trinajstić information content (AvgIpc) is 2.37. The number of nitrogens with zero attached hydrogens (tertiary/aromatic N) is 1. The van der Waals surface area contributed by atoms with Gasteiger partial charge in [-0.1, -0.05) is 0 Å². The molecule has 0 aliphatic rings. The van der Waals surface area contributed by atoms with Crippen LogP contribution < -0.4 is 20.7 Å². The maximum absolute atomic E-state index is 11.6. The molecule has 1 amide bonds. The average molecular weight is 265 g/mol. The van der Waals surface area contributed by atoms with Gasteiger partial charge in [0.1, 0.15) is 5.75 Å². The maximum Gasteiger partial charge on any atom is 0.239 e. The SMILES string of the molecule is COc1ccc(N(C)CCNC(=O)C(C)(C)N)cc1. The predicted octanol–water partition coefficient (Wildman–Crippen LogP) is 0.985. The molecule has 1 aromatic carbocycles. The van der Waals surface area contributed by atoms with Gasteiger partial charge in [-0.25, -0.2) is 0 Å². The van der Waals surface area contributed by atoms with Crippen LogP contribution in [0.5, 0.6) is 5.75 Å². The number of ether oxygens (including phenoxy) is 1. The van der Waals surface area contributed by atoms with Gasteiger partial charge in [0, 0.05) is 25.8 Å². The van der Waals surface area contributed by atoms with Crippen LogP contribution in [0.15, 0.2) is 24.3 Å². The van der Waals surface area contributed by atoms with E-state index in [1.165, 1.54) is 0 Å². The molecule has 3 N–H and O–H groups in total. The number of amides is 1. The van der Waals surface area contributed by atoms with Crippen LogP contribution in [0.25, 0.3) is 0 Å². The first-order valence-corrected chi connectivity index (χ1v) is 6.27. The van der Waals surface area contributed by atoms with Gasteiger partial charge >= 0.3 is 0 Å². The summed E-state index contributed by atoms with van der Waals surface area (Å²) in [5.41, 5.74) is 5.94. The number of benzene rings is 1. The van der Waals surface area contributed by atoms with E-state index in [0.717, 1.165) is 11.4 Å². The third-order valence-electron chi connectivity index (χ3n) is 2.83. The van der Waals surface area contributed by atoms with Crippen LogP contribution in [0.2, 0.25) is 0 Å². The zero-order chi connectivity index (χ0) is 14.5. The van der Waals surface area contributed by atoms with E-state index < -0.39 is 5.54 Å². The number of anilines is 1. The van der Waals surface area contributed by atoms with Crippen LogP contribution in [0.4, 0.5) is 5.69 Å². The molecule has 0 aromatic heterocycles. The summed E-state index contributed by atoms with van der Waals surface area (Å²) in [5.74, 6) is 0.686. The van der Waals surface area contributed by atoms with Crippen LogP contribution in [-0.2, 0) is 4.79 Å². The van der Waals surface area contributed by atoms with Crippen LogP contribution in [0, 0.1) is 0 Å². The van der Waals surface area contributed by atoms with Gasteiger partial charge in [0.05, 0.1) is 12.6 Å². The molecule has 5 heteroatoms. The van der Waals surface area contributed by atoms with Crippen molar-refractivity contribution in [3.05, 3.63) is 24.3 Å². The number of carbonyl (C=O) groups excluding carboxylic acids is 1. The number of hydrogen-bond donors (Lipinski definition) is 2. The largest absolute Gasteiger partial charge is 0.497 e. The van der Waals surface area contributed by atoms with E-state index in [-0.39, 0.29) is 5.91 Å². The van der Waals surface area contributed by atoms with E-state index in [2.05, 4.69) is 10.2 Å². The smallest absolute Gasteiger partial charge is 0.239 e. The van der Waals surface area contributed by atoms with Crippen molar-refractivity contribution in [3.63, 3.8) is 0 Å². The Labute approximate surface area is 114 Å². The first-order chi connectivity index (χ1) is 8.84. The van der Waals surface area contributed by atoms with Crippen molar-refractivity contribution in [3.8, 4) is 5.75 Å². The third-order valence-corrected chi connectivity index (χ3v) is 2.83. The molecular formula is C14H23N3O2. The lowest BCUT2D eigenvalue weighted by atomic mass is 10.1. The van der Waals surface area contributed by atoms with Crippen molar-refractivity contribution < 1.29 is 9.53 Å². The lowest BCUT2D eigenvalue weighted by Gasteiger charge is -2.22. The van der Waals surface area contributed by atoms with Gasteiger partial charge in [-0.15, -0.1) is 0 Å². The maximum atomic E-state index is 11.6. The second kappa shape index (κ2) is 6.43. The molecule has 0 bridgehead atoms. The van der Waals surface area contributed by atoms with Crippen molar-refractivity contribution in [2.75, 3.05) is 32.1 Å². The molecule has 0 radical (unpaired) electrons. The fraction of sp³-hybridized carbons (Fsp3) is 0.500. The van der Waals surface area contributed by atoms with Crippen LogP contribution in [-0.4, -0.2) is 38.7 Å². The summed E-state index contributed by atoms with van der Waals surface area (Å²) in [6.45, 7) is 4.65. The molecule has 0 unspecified atom stereocenters. The minimum Gasteiger partial charge on any atom is -0.497 e. The summed E-state index contributed by atoms with van der Waals surface area (Å²) in [5, 5.41) is 2.82. The number of methoxy groups -OCH3 is 1. The molecule has 0 aliphatic carbocycles. The number of likely N-dealkylation sites (N-methyl/N-ethyl adjacent to an activating group) is 1. The highest BCUT2D eigenvalue weighted by atomic mass is 16.5. The zero-order valence-electron chi connectivity index (χ0n) is 12.1. The Morgan fingerprint density at radius 1 is 1.37 bits per heavy atom. The highest BCUT2D eigenvalue weighted by Crippen LogP contribution is 2.17. The second-order valence-electron chi connectivity index (χ2n) is 5.10. The van der Waals surface area contributed by atoms with E-state index in [1.807, 2.05) is 31.3 Å². The van der Waals surface area contributed by atoms with Crippen molar-refractivity contribution in [2.45, 2.75) is 19.4 Å². The van der Waals surface area contributed by atoms with Gasteiger partial charge in [0.25, 0.3) is 0 Å². The van der Waals surface area contributed by atoms with Gasteiger partial charge in [0.2, 0.25) is 5.91 Å². The Bertz CT molecular complexity index is 410. The minimum absolute atomic E-state index is 0.143. The van der Waals surface area contributed by atoms with Crippen molar-refractivity contribution in [2.24, 2.45) is 5.73 Å². The molecule has 0 spiro atoms. The monoisotopic (exact) mass is 265 g/mol. The number of nitrogens with two attached hydrogens (primary N) is 1. The molecular weight excluding hydrogens is 242 g/mol. The summed E-state index contributed by atoms with van der Waals surface area (Å²) in [7, 11) is 3.62. The number of hydrogen-bond acceptors (Lipinski definition) is 4. The Hall–Kier alpha value is -1.75. The molecule has 0 saturated carbocycles.